The molecule has 0 radical (unpaired) electrons. The Balaban J connectivity index is 1.81. The van der Waals surface area contributed by atoms with Crippen molar-refractivity contribution in [2.45, 2.75) is 19.9 Å². The van der Waals surface area contributed by atoms with E-state index in [0.717, 1.165) is 17.7 Å². The lowest BCUT2D eigenvalue weighted by Crippen LogP contribution is -2.30. The van der Waals surface area contributed by atoms with Gasteiger partial charge in [0.1, 0.15) is 11.5 Å². The van der Waals surface area contributed by atoms with Gasteiger partial charge in [-0.1, -0.05) is 30.7 Å². The van der Waals surface area contributed by atoms with E-state index >= 15 is 0 Å². The van der Waals surface area contributed by atoms with Gasteiger partial charge in [-0.2, -0.15) is 0 Å². The maximum Gasteiger partial charge on any atom is 0.260 e. The molecule has 0 spiro atoms. The van der Waals surface area contributed by atoms with Crippen molar-refractivity contribution in [1.29, 1.82) is 0 Å². The Morgan fingerprint density at radius 1 is 1.08 bits per heavy atom. The predicted molar refractivity (Wildman–Crippen MR) is 95.6 cm³/mol. The molecule has 2 aromatic rings. The van der Waals surface area contributed by atoms with Crippen LogP contribution in [0.3, 0.4) is 0 Å². The Bertz CT molecular complexity index is 658. The van der Waals surface area contributed by atoms with Gasteiger partial charge >= 0.3 is 0 Å². The zero-order valence-electron chi connectivity index (χ0n) is 14.0. The van der Waals surface area contributed by atoms with Gasteiger partial charge in [0, 0.05) is 18.6 Å². The Labute approximate surface area is 147 Å². The van der Waals surface area contributed by atoms with Crippen LogP contribution in [0, 0.1) is 0 Å². The number of amides is 1. The Morgan fingerprint density at radius 2 is 1.75 bits per heavy atom. The first-order valence-corrected chi connectivity index (χ1v) is 8.30. The van der Waals surface area contributed by atoms with Crippen LogP contribution in [0.4, 0.5) is 0 Å². The van der Waals surface area contributed by atoms with Gasteiger partial charge in [-0.05, 0) is 48.4 Å². The maximum atomic E-state index is 12.2. The van der Waals surface area contributed by atoms with Gasteiger partial charge < -0.3 is 14.4 Å². The molecular formula is C19H22ClNO3. The third-order valence-corrected chi connectivity index (χ3v) is 3.63. The SMILES string of the molecule is CCCOc1ccc(OCC(=O)N(C)Cc2cccc(Cl)c2)cc1. The van der Waals surface area contributed by atoms with E-state index in [1.807, 2.05) is 36.4 Å². The van der Waals surface area contributed by atoms with E-state index in [9.17, 15) is 4.79 Å². The molecular weight excluding hydrogens is 326 g/mol. The molecule has 0 aliphatic carbocycles. The average molecular weight is 348 g/mol. The molecule has 2 rings (SSSR count). The number of likely N-dealkylation sites (N-methyl/N-ethyl adjacent to an activating group) is 1. The first-order valence-electron chi connectivity index (χ1n) is 7.92. The number of carbonyl (C=O) groups excluding carboxylic acids is 1. The second-order valence-electron chi connectivity index (χ2n) is 5.49. The lowest BCUT2D eigenvalue weighted by atomic mass is 10.2. The quantitative estimate of drug-likeness (QED) is 0.719. The van der Waals surface area contributed by atoms with Crippen molar-refractivity contribution >= 4 is 17.5 Å². The zero-order valence-corrected chi connectivity index (χ0v) is 14.8. The van der Waals surface area contributed by atoms with Gasteiger partial charge in [-0.25, -0.2) is 0 Å². The number of halogens is 1. The van der Waals surface area contributed by atoms with Crippen molar-refractivity contribution in [2.75, 3.05) is 20.3 Å². The fraction of sp³-hybridized carbons (Fsp3) is 0.316. The summed E-state index contributed by atoms with van der Waals surface area (Å²) in [7, 11) is 1.74. The predicted octanol–water partition coefficient (Wildman–Crippen LogP) is 4.17. The molecule has 0 saturated heterocycles. The highest BCUT2D eigenvalue weighted by Gasteiger charge is 2.10. The topological polar surface area (TPSA) is 38.8 Å². The minimum absolute atomic E-state index is 0.00771. The Kier molecular flexibility index (Phi) is 6.94. The van der Waals surface area contributed by atoms with Crippen LogP contribution in [0.2, 0.25) is 5.02 Å². The maximum absolute atomic E-state index is 12.2. The first-order chi connectivity index (χ1) is 11.6. The fourth-order valence-electron chi connectivity index (χ4n) is 2.10. The molecule has 0 aliphatic heterocycles. The van der Waals surface area contributed by atoms with E-state index in [4.69, 9.17) is 21.1 Å². The number of ether oxygens (including phenoxy) is 2. The molecule has 0 heterocycles. The molecule has 0 atom stereocenters. The molecule has 1 amide bonds. The van der Waals surface area contributed by atoms with Crippen LogP contribution in [0.15, 0.2) is 48.5 Å². The average Bonchev–Trinajstić information content (AvgIpc) is 2.58. The lowest BCUT2D eigenvalue weighted by molar-refractivity contribution is -0.132. The summed E-state index contributed by atoms with van der Waals surface area (Å²) in [5.41, 5.74) is 0.982. The number of hydrogen-bond donors (Lipinski definition) is 0. The largest absolute Gasteiger partial charge is 0.494 e. The van der Waals surface area contributed by atoms with Gasteiger partial charge in [-0.3, -0.25) is 4.79 Å². The van der Waals surface area contributed by atoms with Crippen LogP contribution in [0.1, 0.15) is 18.9 Å². The van der Waals surface area contributed by atoms with Gasteiger partial charge in [0.15, 0.2) is 6.61 Å². The summed E-state index contributed by atoms with van der Waals surface area (Å²) in [5, 5.41) is 0.662. The van der Waals surface area contributed by atoms with Crippen molar-refractivity contribution in [3.63, 3.8) is 0 Å². The highest BCUT2D eigenvalue weighted by atomic mass is 35.5. The molecule has 0 saturated carbocycles. The summed E-state index contributed by atoms with van der Waals surface area (Å²) >= 11 is 5.96. The molecule has 4 nitrogen and oxygen atoms in total. The second kappa shape index (κ2) is 9.18. The number of hydrogen-bond acceptors (Lipinski definition) is 3. The van der Waals surface area contributed by atoms with Crippen molar-refractivity contribution in [2.24, 2.45) is 0 Å². The molecule has 5 heteroatoms. The van der Waals surface area contributed by atoms with Crippen LogP contribution >= 0.6 is 11.6 Å². The summed E-state index contributed by atoms with van der Waals surface area (Å²) in [5.74, 6) is 1.35. The number of carbonyl (C=O) groups is 1. The van der Waals surface area contributed by atoms with Crippen LogP contribution in [0.5, 0.6) is 11.5 Å². The minimum atomic E-state index is -0.0960. The minimum Gasteiger partial charge on any atom is -0.494 e. The molecule has 2 aromatic carbocycles. The third kappa shape index (κ3) is 5.78. The standard InChI is InChI=1S/C19H22ClNO3/c1-3-11-23-17-7-9-18(10-8-17)24-14-19(22)21(2)13-15-5-4-6-16(20)12-15/h4-10,12H,3,11,13-14H2,1-2H3. The normalized spacial score (nSPS) is 10.3. The molecule has 0 aliphatic rings. The van der Waals surface area contributed by atoms with Crippen molar-refractivity contribution < 1.29 is 14.3 Å². The summed E-state index contributed by atoms with van der Waals surface area (Å²) in [6, 6.07) is 14.7. The van der Waals surface area contributed by atoms with Crippen LogP contribution in [-0.2, 0) is 11.3 Å². The number of nitrogens with zero attached hydrogens (tertiary/aromatic N) is 1. The summed E-state index contributed by atoms with van der Waals surface area (Å²) in [6.07, 6.45) is 0.964. The van der Waals surface area contributed by atoms with Crippen LogP contribution in [0.25, 0.3) is 0 Å². The summed E-state index contributed by atoms with van der Waals surface area (Å²) < 4.78 is 11.0. The molecule has 0 fully saturated rings. The van der Waals surface area contributed by atoms with Crippen LogP contribution < -0.4 is 9.47 Å². The van der Waals surface area contributed by atoms with Gasteiger partial charge in [-0.15, -0.1) is 0 Å². The van der Waals surface area contributed by atoms with Crippen molar-refractivity contribution in [1.82, 2.24) is 4.90 Å². The highest BCUT2D eigenvalue weighted by Crippen LogP contribution is 2.18. The Morgan fingerprint density at radius 3 is 2.38 bits per heavy atom. The van der Waals surface area contributed by atoms with E-state index in [1.165, 1.54) is 0 Å². The lowest BCUT2D eigenvalue weighted by Gasteiger charge is -2.18. The van der Waals surface area contributed by atoms with Crippen molar-refractivity contribution in [3.8, 4) is 11.5 Å². The van der Waals surface area contributed by atoms with E-state index in [1.54, 1.807) is 24.1 Å². The van der Waals surface area contributed by atoms with E-state index < -0.39 is 0 Å². The van der Waals surface area contributed by atoms with Gasteiger partial charge in [0.25, 0.3) is 5.91 Å². The van der Waals surface area contributed by atoms with E-state index in [2.05, 4.69) is 6.92 Å². The molecule has 0 unspecified atom stereocenters. The summed E-state index contributed by atoms with van der Waals surface area (Å²) in [6.45, 7) is 3.23. The number of rotatable bonds is 8. The third-order valence-electron chi connectivity index (χ3n) is 3.39. The molecule has 0 bridgehead atoms. The zero-order chi connectivity index (χ0) is 17.4. The molecule has 0 aromatic heterocycles. The molecule has 0 N–H and O–H groups in total. The smallest absolute Gasteiger partial charge is 0.260 e. The molecule has 128 valence electrons. The fourth-order valence-corrected chi connectivity index (χ4v) is 2.32. The first kappa shape index (κ1) is 18.1. The summed E-state index contributed by atoms with van der Waals surface area (Å²) in [4.78, 5) is 13.8. The molecule has 24 heavy (non-hydrogen) atoms. The second-order valence-corrected chi connectivity index (χ2v) is 5.92. The van der Waals surface area contributed by atoms with Crippen molar-refractivity contribution in [3.05, 3.63) is 59.1 Å². The van der Waals surface area contributed by atoms with Gasteiger partial charge in [0.05, 0.1) is 6.61 Å². The van der Waals surface area contributed by atoms with Gasteiger partial charge in [0.2, 0.25) is 0 Å². The Hall–Kier alpha value is -2.20. The van der Waals surface area contributed by atoms with E-state index in [0.29, 0.717) is 23.9 Å². The van der Waals surface area contributed by atoms with Crippen LogP contribution in [-0.4, -0.2) is 31.1 Å². The van der Waals surface area contributed by atoms with E-state index in [-0.39, 0.29) is 12.5 Å². The number of benzene rings is 2. The monoisotopic (exact) mass is 347 g/mol. The highest BCUT2D eigenvalue weighted by molar-refractivity contribution is 6.30.